The van der Waals surface area contributed by atoms with Crippen LogP contribution in [0.4, 0.5) is 0 Å². The van der Waals surface area contributed by atoms with E-state index in [-0.39, 0.29) is 5.91 Å². The lowest BCUT2D eigenvalue weighted by Gasteiger charge is -2.02. The maximum absolute atomic E-state index is 11.6. The largest absolute Gasteiger partial charge is 0.272 e. The van der Waals surface area contributed by atoms with E-state index >= 15 is 0 Å². The lowest BCUT2D eigenvalue weighted by Crippen LogP contribution is -2.19. The zero-order valence-electron chi connectivity index (χ0n) is 8.75. The smallest absolute Gasteiger partial charge is 0.267 e. The van der Waals surface area contributed by atoms with Crippen LogP contribution in [0.5, 0.6) is 0 Å². The van der Waals surface area contributed by atoms with Gasteiger partial charge >= 0.3 is 0 Å². The first-order valence-corrected chi connectivity index (χ1v) is 5.11. The van der Waals surface area contributed by atoms with Crippen LogP contribution in [0.15, 0.2) is 29.4 Å². The van der Waals surface area contributed by atoms with Crippen molar-refractivity contribution in [1.29, 1.82) is 0 Å². The molecule has 1 rings (SSSR count). The molecule has 1 aromatic rings. The van der Waals surface area contributed by atoms with Crippen molar-refractivity contribution in [2.75, 3.05) is 0 Å². The van der Waals surface area contributed by atoms with E-state index in [1.54, 1.807) is 24.3 Å². The molecule has 80 valence electrons. The van der Waals surface area contributed by atoms with Crippen LogP contribution in [-0.2, 0) is 0 Å². The first-order chi connectivity index (χ1) is 7.15. The third kappa shape index (κ3) is 3.36. The van der Waals surface area contributed by atoms with E-state index in [4.69, 9.17) is 11.6 Å². The van der Waals surface area contributed by atoms with Gasteiger partial charge in [0.25, 0.3) is 5.91 Å². The van der Waals surface area contributed by atoms with Gasteiger partial charge in [0.2, 0.25) is 0 Å². The lowest BCUT2D eigenvalue weighted by atomic mass is 10.2. The van der Waals surface area contributed by atoms with Crippen molar-refractivity contribution in [3.63, 3.8) is 0 Å². The van der Waals surface area contributed by atoms with Gasteiger partial charge in [-0.1, -0.05) is 30.7 Å². The minimum Gasteiger partial charge on any atom is -0.267 e. The maximum atomic E-state index is 11.6. The van der Waals surface area contributed by atoms with Crippen LogP contribution in [0.25, 0.3) is 0 Å². The summed E-state index contributed by atoms with van der Waals surface area (Å²) in [7, 11) is 0. The van der Waals surface area contributed by atoms with E-state index in [9.17, 15) is 4.79 Å². The average molecular weight is 225 g/mol. The van der Waals surface area contributed by atoms with Crippen LogP contribution in [0.3, 0.4) is 0 Å². The summed E-state index contributed by atoms with van der Waals surface area (Å²) in [6, 6.07) is 6.87. The molecule has 1 amide bonds. The number of hydrogen-bond donors (Lipinski definition) is 1. The van der Waals surface area contributed by atoms with Crippen molar-refractivity contribution in [3.05, 3.63) is 34.9 Å². The number of nitrogens with one attached hydrogen (secondary N) is 1. The Labute approximate surface area is 94.1 Å². The summed E-state index contributed by atoms with van der Waals surface area (Å²) >= 11 is 5.86. The summed E-state index contributed by atoms with van der Waals surface area (Å²) in [5, 5.41) is 4.35. The second-order valence-corrected chi connectivity index (χ2v) is 3.53. The van der Waals surface area contributed by atoms with E-state index < -0.39 is 0 Å². The molecular weight excluding hydrogens is 212 g/mol. The first kappa shape index (κ1) is 11.7. The van der Waals surface area contributed by atoms with Gasteiger partial charge in [0.05, 0.1) is 10.6 Å². The van der Waals surface area contributed by atoms with Crippen LogP contribution < -0.4 is 5.43 Å². The summed E-state index contributed by atoms with van der Waals surface area (Å²) in [5.41, 5.74) is 3.76. The van der Waals surface area contributed by atoms with Crippen molar-refractivity contribution in [2.45, 2.75) is 20.3 Å². The minimum atomic E-state index is -0.284. The number of benzene rings is 1. The van der Waals surface area contributed by atoms with Crippen LogP contribution in [0.2, 0.25) is 5.02 Å². The zero-order valence-corrected chi connectivity index (χ0v) is 9.51. The Bertz CT molecular complexity index is 388. The Morgan fingerprint density at radius 3 is 2.73 bits per heavy atom. The fraction of sp³-hybridized carbons (Fsp3) is 0.273. The molecule has 0 unspecified atom stereocenters. The molecule has 0 saturated heterocycles. The molecule has 0 bridgehead atoms. The molecule has 0 aliphatic rings. The predicted octanol–water partition coefficient (Wildman–Crippen LogP) is 2.86. The lowest BCUT2D eigenvalue weighted by molar-refractivity contribution is 0.0955. The Kier molecular flexibility index (Phi) is 4.31. The highest BCUT2D eigenvalue weighted by Gasteiger charge is 2.07. The molecule has 0 aromatic heterocycles. The predicted molar refractivity (Wildman–Crippen MR) is 62.3 cm³/mol. The summed E-state index contributed by atoms with van der Waals surface area (Å²) in [4.78, 5) is 11.6. The van der Waals surface area contributed by atoms with Crippen molar-refractivity contribution < 1.29 is 4.79 Å². The topological polar surface area (TPSA) is 41.5 Å². The highest BCUT2D eigenvalue weighted by molar-refractivity contribution is 6.33. The van der Waals surface area contributed by atoms with E-state index in [1.807, 2.05) is 13.8 Å². The second kappa shape index (κ2) is 5.51. The Balaban J connectivity index is 2.74. The summed E-state index contributed by atoms with van der Waals surface area (Å²) in [6.07, 6.45) is 0.808. The van der Waals surface area contributed by atoms with E-state index in [0.717, 1.165) is 12.1 Å². The number of carbonyl (C=O) groups excluding carboxylic acids is 1. The van der Waals surface area contributed by atoms with Crippen LogP contribution in [0.1, 0.15) is 30.6 Å². The van der Waals surface area contributed by atoms with Crippen LogP contribution in [-0.4, -0.2) is 11.6 Å². The molecule has 0 spiro atoms. The van der Waals surface area contributed by atoms with E-state index in [1.165, 1.54) is 0 Å². The van der Waals surface area contributed by atoms with E-state index in [2.05, 4.69) is 10.5 Å². The molecule has 0 aliphatic carbocycles. The quantitative estimate of drug-likeness (QED) is 0.623. The third-order valence-electron chi connectivity index (χ3n) is 1.98. The molecule has 0 aliphatic heterocycles. The fourth-order valence-corrected chi connectivity index (χ4v) is 1.15. The first-order valence-electron chi connectivity index (χ1n) is 4.73. The Hall–Kier alpha value is -1.35. The number of rotatable bonds is 3. The van der Waals surface area contributed by atoms with Gasteiger partial charge in [-0.3, -0.25) is 4.79 Å². The molecule has 15 heavy (non-hydrogen) atoms. The van der Waals surface area contributed by atoms with Crippen LogP contribution >= 0.6 is 11.6 Å². The SMILES string of the molecule is CC/C(C)=N/NC(=O)c1ccccc1Cl. The third-order valence-corrected chi connectivity index (χ3v) is 2.31. The second-order valence-electron chi connectivity index (χ2n) is 3.12. The van der Waals surface area contributed by atoms with Gasteiger partial charge in [-0.15, -0.1) is 0 Å². The molecule has 1 aromatic carbocycles. The van der Waals surface area contributed by atoms with Crippen molar-refractivity contribution >= 4 is 23.2 Å². The van der Waals surface area contributed by atoms with Crippen molar-refractivity contribution in [1.82, 2.24) is 5.43 Å². The fourth-order valence-electron chi connectivity index (χ4n) is 0.931. The van der Waals surface area contributed by atoms with Crippen molar-refractivity contribution in [2.24, 2.45) is 5.10 Å². The van der Waals surface area contributed by atoms with Crippen LogP contribution in [0, 0.1) is 0 Å². The minimum absolute atomic E-state index is 0.284. The van der Waals surface area contributed by atoms with Gasteiger partial charge in [-0.2, -0.15) is 5.10 Å². The number of amides is 1. The highest BCUT2D eigenvalue weighted by Crippen LogP contribution is 2.14. The molecule has 0 heterocycles. The van der Waals surface area contributed by atoms with E-state index in [0.29, 0.717) is 10.6 Å². The average Bonchev–Trinajstić information content (AvgIpc) is 2.26. The van der Waals surface area contributed by atoms with Crippen molar-refractivity contribution in [3.8, 4) is 0 Å². The van der Waals surface area contributed by atoms with Gasteiger partial charge in [0.15, 0.2) is 0 Å². The molecule has 4 heteroatoms. The maximum Gasteiger partial charge on any atom is 0.272 e. The zero-order chi connectivity index (χ0) is 11.3. The summed E-state index contributed by atoms with van der Waals surface area (Å²) in [5.74, 6) is -0.284. The Morgan fingerprint density at radius 2 is 2.13 bits per heavy atom. The molecular formula is C11H13ClN2O. The van der Waals surface area contributed by atoms with Gasteiger partial charge in [0.1, 0.15) is 0 Å². The Morgan fingerprint density at radius 1 is 1.47 bits per heavy atom. The van der Waals surface area contributed by atoms with Gasteiger partial charge in [0, 0.05) is 5.71 Å². The van der Waals surface area contributed by atoms with Gasteiger partial charge < -0.3 is 0 Å². The summed E-state index contributed by atoms with van der Waals surface area (Å²) in [6.45, 7) is 3.83. The normalized spacial score (nSPS) is 11.3. The number of halogens is 1. The number of hydrogen-bond acceptors (Lipinski definition) is 2. The molecule has 0 radical (unpaired) electrons. The molecule has 0 atom stereocenters. The molecule has 0 saturated carbocycles. The highest BCUT2D eigenvalue weighted by atomic mass is 35.5. The molecule has 0 fully saturated rings. The summed E-state index contributed by atoms with van der Waals surface area (Å²) < 4.78 is 0. The number of carbonyl (C=O) groups is 1. The van der Waals surface area contributed by atoms with Gasteiger partial charge in [-0.25, -0.2) is 5.43 Å². The molecule has 1 N–H and O–H groups in total. The van der Waals surface area contributed by atoms with Gasteiger partial charge in [-0.05, 0) is 25.5 Å². The number of hydrazone groups is 1. The monoisotopic (exact) mass is 224 g/mol. The number of nitrogens with zero attached hydrogens (tertiary/aromatic N) is 1. The standard InChI is InChI=1S/C11H13ClN2O/c1-3-8(2)13-14-11(15)9-6-4-5-7-10(9)12/h4-7H,3H2,1-2H3,(H,14,15)/b13-8+. The molecule has 3 nitrogen and oxygen atoms in total.